The molecule has 0 aromatic carbocycles. The molecule has 0 aromatic heterocycles. The van der Waals surface area contributed by atoms with Crippen LogP contribution in [-0.2, 0) is 14.2 Å². The maximum Gasteiger partial charge on any atom is 0.0921 e. The van der Waals surface area contributed by atoms with Crippen molar-refractivity contribution in [1.29, 1.82) is 0 Å². The average Bonchev–Trinajstić information content (AvgIpc) is 2.93. The fraction of sp³-hybridized carbons (Fsp3) is 0.933. The molecule has 3 aliphatic heterocycles. The van der Waals surface area contributed by atoms with Crippen LogP contribution in [0.4, 0.5) is 0 Å². The van der Waals surface area contributed by atoms with Crippen LogP contribution in [0.5, 0.6) is 0 Å². The Morgan fingerprint density at radius 2 is 1.47 bits per heavy atom. The second-order valence-electron chi connectivity index (χ2n) is 14.1. The van der Waals surface area contributed by atoms with Crippen molar-refractivity contribution in [2.75, 3.05) is 0 Å². The van der Waals surface area contributed by atoms with Gasteiger partial charge in [-0.25, -0.2) is 0 Å². The topological polar surface area (TPSA) is 47.9 Å². The van der Waals surface area contributed by atoms with Gasteiger partial charge in [-0.3, -0.25) is 0 Å². The lowest BCUT2D eigenvalue weighted by molar-refractivity contribution is -0.260. The van der Waals surface area contributed by atoms with Gasteiger partial charge in [0.2, 0.25) is 0 Å². The summed E-state index contributed by atoms with van der Waals surface area (Å²) in [6.07, 6.45) is 9.24. The molecule has 1 aliphatic carbocycles. The molecule has 4 fully saturated rings. The number of hydrogen-bond acceptors (Lipinski definition) is 4. The molecule has 0 radical (unpaired) electrons. The maximum atomic E-state index is 11.7. The summed E-state index contributed by atoms with van der Waals surface area (Å²) in [5.41, 5.74) is -0.387. The zero-order chi connectivity index (χ0) is 26.7. The van der Waals surface area contributed by atoms with Gasteiger partial charge in [-0.2, -0.15) is 0 Å². The molecule has 0 amide bonds. The first-order chi connectivity index (χ1) is 16.5. The first-order valence-electron chi connectivity index (χ1n) is 14.2. The summed E-state index contributed by atoms with van der Waals surface area (Å²) in [4.78, 5) is 0.802. The molecule has 208 valence electrons. The van der Waals surface area contributed by atoms with Gasteiger partial charge in [-0.1, -0.05) is 57.9 Å². The Morgan fingerprint density at radius 3 is 2.17 bits per heavy atom. The smallest absolute Gasteiger partial charge is 0.0921 e. The highest BCUT2D eigenvalue weighted by molar-refractivity contribution is 9.09. The van der Waals surface area contributed by atoms with Crippen LogP contribution < -0.4 is 0 Å². The van der Waals surface area contributed by atoms with Crippen molar-refractivity contribution >= 4 is 31.9 Å². The summed E-state index contributed by atoms with van der Waals surface area (Å²) in [5.74, 6) is 0.404. The Kier molecular flexibility index (Phi) is 8.35. The Labute approximate surface area is 236 Å². The van der Waals surface area contributed by atoms with Gasteiger partial charge < -0.3 is 19.3 Å². The predicted molar refractivity (Wildman–Crippen MR) is 154 cm³/mol. The summed E-state index contributed by atoms with van der Waals surface area (Å²) in [6.45, 7) is 19.9. The SMILES string of the molecule is C=C1CC[C@@H](Br)C(C)(C)[C@H]1CCC(C)(O)[C@H]1CC[C@@H]2O[C@]3(C)CC[C@@H](Br)C(C)(C)O[C@H]3CC[C@@]2(C)O1. The van der Waals surface area contributed by atoms with E-state index >= 15 is 0 Å². The van der Waals surface area contributed by atoms with E-state index in [0.29, 0.717) is 15.6 Å². The minimum Gasteiger partial charge on any atom is -0.387 e. The zero-order valence-electron chi connectivity index (χ0n) is 23.7. The van der Waals surface area contributed by atoms with Crippen LogP contribution in [-0.4, -0.2) is 55.5 Å². The molecule has 3 saturated heterocycles. The minimum absolute atomic E-state index is 0.0179. The van der Waals surface area contributed by atoms with Crippen LogP contribution in [0.2, 0.25) is 0 Å². The number of ether oxygens (including phenoxy) is 3. The van der Waals surface area contributed by atoms with Gasteiger partial charge in [0.05, 0.1) is 40.7 Å². The van der Waals surface area contributed by atoms with E-state index < -0.39 is 11.2 Å². The molecule has 36 heavy (non-hydrogen) atoms. The molecule has 1 saturated carbocycles. The summed E-state index contributed by atoms with van der Waals surface area (Å²) in [7, 11) is 0. The number of aliphatic hydroxyl groups is 1. The van der Waals surface area contributed by atoms with Crippen LogP contribution in [0.1, 0.15) is 113 Å². The van der Waals surface area contributed by atoms with Crippen molar-refractivity contribution in [1.82, 2.24) is 0 Å². The first-order valence-corrected chi connectivity index (χ1v) is 16.0. The second kappa shape index (κ2) is 10.2. The Bertz CT molecular complexity index is 826. The average molecular weight is 635 g/mol. The third-order valence-electron chi connectivity index (χ3n) is 10.4. The van der Waals surface area contributed by atoms with E-state index in [1.807, 2.05) is 6.92 Å². The summed E-state index contributed by atoms with van der Waals surface area (Å²) in [5, 5.41) is 11.7. The first kappa shape index (κ1) is 29.5. The molecule has 4 aliphatic rings. The zero-order valence-corrected chi connectivity index (χ0v) is 26.8. The van der Waals surface area contributed by atoms with E-state index in [1.165, 1.54) is 5.57 Å². The van der Waals surface area contributed by atoms with Crippen LogP contribution in [0.25, 0.3) is 0 Å². The maximum absolute atomic E-state index is 11.7. The quantitative estimate of drug-likeness (QED) is 0.253. The normalized spacial score (nSPS) is 46.6. The Balaban J connectivity index is 1.45. The van der Waals surface area contributed by atoms with Gasteiger partial charge in [0.15, 0.2) is 0 Å². The number of halogens is 2. The number of fused-ring (bicyclic) bond motifs is 2. The number of alkyl halides is 2. The predicted octanol–water partition coefficient (Wildman–Crippen LogP) is 7.87. The highest BCUT2D eigenvalue weighted by Crippen LogP contribution is 2.51. The Hall–Kier alpha value is 0.540. The van der Waals surface area contributed by atoms with Gasteiger partial charge in [-0.05, 0) is 110 Å². The van der Waals surface area contributed by atoms with Crippen molar-refractivity contribution in [3.8, 4) is 0 Å². The molecule has 0 spiro atoms. The molecular formula is C30H50Br2O4. The fourth-order valence-corrected chi connectivity index (χ4v) is 8.30. The van der Waals surface area contributed by atoms with E-state index in [0.717, 1.165) is 64.2 Å². The van der Waals surface area contributed by atoms with E-state index in [9.17, 15) is 5.11 Å². The van der Waals surface area contributed by atoms with Gasteiger partial charge in [-0.15, -0.1) is 0 Å². The molecule has 4 nitrogen and oxygen atoms in total. The second-order valence-corrected chi connectivity index (χ2v) is 16.3. The van der Waals surface area contributed by atoms with Crippen LogP contribution in [0.3, 0.4) is 0 Å². The highest BCUT2D eigenvalue weighted by Gasteiger charge is 2.55. The van der Waals surface area contributed by atoms with E-state index in [-0.39, 0.29) is 34.9 Å². The van der Waals surface area contributed by atoms with E-state index in [1.54, 1.807) is 0 Å². The third kappa shape index (κ3) is 5.57. The molecule has 9 atom stereocenters. The summed E-state index contributed by atoms with van der Waals surface area (Å²) < 4.78 is 20.5. The standard InChI is InChI=1S/C30H50Br2O4/c1-19-9-10-21(31)26(2,3)20(19)13-16-28(6,33)23-11-12-24-30(8,35-23)18-15-25-29(7,36-24)17-14-22(32)27(4,5)34-25/h20-25,33H,1,9-18H2,2-8H3/t20-,21+,22+,23+,24-,25-,28?,29+,30+/m0/s1. The van der Waals surface area contributed by atoms with Crippen molar-refractivity contribution in [3.63, 3.8) is 0 Å². The monoisotopic (exact) mass is 632 g/mol. The van der Waals surface area contributed by atoms with Crippen molar-refractivity contribution in [2.24, 2.45) is 11.3 Å². The third-order valence-corrected chi connectivity index (χ3v) is 13.6. The van der Waals surface area contributed by atoms with Crippen molar-refractivity contribution < 1.29 is 19.3 Å². The lowest BCUT2D eigenvalue weighted by atomic mass is 9.64. The molecule has 0 aromatic rings. The number of rotatable bonds is 4. The van der Waals surface area contributed by atoms with Crippen LogP contribution in [0, 0.1) is 11.3 Å². The lowest BCUT2D eigenvalue weighted by Crippen LogP contribution is -2.57. The van der Waals surface area contributed by atoms with Gasteiger partial charge >= 0.3 is 0 Å². The van der Waals surface area contributed by atoms with E-state index in [2.05, 4.69) is 80.0 Å². The van der Waals surface area contributed by atoms with Crippen molar-refractivity contribution in [3.05, 3.63) is 12.2 Å². The van der Waals surface area contributed by atoms with Gasteiger partial charge in [0.25, 0.3) is 0 Å². The van der Waals surface area contributed by atoms with Gasteiger partial charge in [0, 0.05) is 9.65 Å². The van der Waals surface area contributed by atoms with Crippen LogP contribution >= 0.6 is 31.9 Å². The molecule has 6 heteroatoms. The fourth-order valence-electron chi connectivity index (χ4n) is 7.41. The Morgan fingerprint density at radius 1 is 0.861 bits per heavy atom. The van der Waals surface area contributed by atoms with Gasteiger partial charge in [0.1, 0.15) is 0 Å². The lowest BCUT2D eigenvalue weighted by Gasteiger charge is -2.50. The molecule has 0 bridgehead atoms. The molecule has 1 N–H and O–H groups in total. The number of hydrogen-bond donors (Lipinski definition) is 1. The summed E-state index contributed by atoms with van der Waals surface area (Å²) >= 11 is 7.78. The van der Waals surface area contributed by atoms with Crippen molar-refractivity contribution in [2.45, 2.75) is 163 Å². The molecule has 3 heterocycles. The minimum atomic E-state index is -0.883. The largest absolute Gasteiger partial charge is 0.387 e. The molecular weight excluding hydrogens is 584 g/mol. The number of allylic oxidation sites excluding steroid dienone is 1. The van der Waals surface area contributed by atoms with Crippen LogP contribution in [0.15, 0.2) is 12.2 Å². The highest BCUT2D eigenvalue weighted by atomic mass is 79.9. The van der Waals surface area contributed by atoms with E-state index in [4.69, 9.17) is 14.2 Å². The molecule has 4 rings (SSSR count). The summed E-state index contributed by atoms with van der Waals surface area (Å²) in [6, 6.07) is 0. The molecule has 1 unspecified atom stereocenters.